The Balaban J connectivity index is 1.58. The van der Waals surface area contributed by atoms with Crippen molar-refractivity contribution in [3.8, 4) is 11.5 Å². The van der Waals surface area contributed by atoms with Crippen molar-refractivity contribution in [3.63, 3.8) is 0 Å². The summed E-state index contributed by atoms with van der Waals surface area (Å²) in [4.78, 5) is 8.41. The maximum absolute atomic E-state index is 6.19. The lowest BCUT2D eigenvalue weighted by atomic mass is 10.1. The van der Waals surface area contributed by atoms with E-state index in [4.69, 9.17) is 27.9 Å². The van der Waals surface area contributed by atoms with E-state index in [1.807, 2.05) is 26.1 Å². The highest BCUT2D eigenvalue weighted by molar-refractivity contribution is 6.35. The summed E-state index contributed by atoms with van der Waals surface area (Å²) < 4.78 is 7.64. The van der Waals surface area contributed by atoms with Gasteiger partial charge < -0.3 is 15.4 Å². The Hall–Kier alpha value is -2.77. The Morgan fingerprint density at radius 2 is 1.86 bits per heavy atom. The summed E-state index contributed by atoms with van der Waals surface area (Å²) in [7, 11) is 3.58. The Bertz CT molecular complexity index is 1020. The van der Waals surface area contributed by atoms with E-state index in [-0.39, 0.29) is 0 Å². The van der Waals surface area contributed by atoms with Gasteiger partial charge >= 0.3 is 0 Å². The number of guanidine groups is 1. The van der Waals surface area contributed by atoms with Crippen LogP contribution in [-0.2, 0) is 20.1 Å². The number of halogens is 2. The first kappa shape index (κ1) is 21.0. The molecule has 3 aromatic rings. The monoisotopic (exact) mass is 432 g/mol. The van der Waals surface area contributed by atoms with Crippen LogP contribution in [0.1, 0.15) is 17.0 Å². The minimum absolute atomic E-state index is 0.473. The second kappa shape index (κ2) is 9.62. The second-order valence-electron chi connectivity index (χ2n) is 6.36. The van der Waals surface area contributed by atoms with E-state index in [2.05, 4.69) is 31.8 Å². The van der Waals surface area contributed by atoms with E-state index in [1.54, 1.807) is 29.9 Å². The first-order valence-corrected chi connectivity index (χ1v) is 9.71. The predicted molar refractivity (Wildman–Crippen MR) is 116 cm³/mol. The summed E-state index contributed by atoms with van der Waals surface area (Å²) in [5.74, 6) is 2.81. The zero-order valence-corrected chi connectivity index (χ0v) is 17.9. The maximum Gasteiger partial charge on any atom is 0.191 e. The highest BCUT2D eigenvalue weighted by Gasteiger charge is 2.08. The van der Waals surface area contributed by atoms with E-state index < -0.39 is 0 Å². The van der Waals surface area contributed by atoms with Crippen LogP contribution in [0.3, 0.4) is 0 Å². The van der Waals surface area contributed by atoms with Crippen LogP contribution in [0.4, 0.5) is 0 Å². The summed E-state index contributed by atoms with van der Waals surface area (Å²) in [6.07, 6.45) is 1.52. The molecule has 0 unspecified atom stereocenters. The molecule has 2 aromatic carbocycles. The minimum atomic E-state index is 0.473. The van der Waals surface area contributed by atoms with E-state index in [0.29, 0.717) is 34.8 Å². The molecule has 0 aliphatic rings. The largest absolute Gasteiger partial charge is 0.456 e. The molecule has 0 aliphatic heterocycles. The highest BCUT2D eigenvalue weighted by atomic mass is 35.5. The van der Waals surface area contributed by atoms with Crippen LogP contribution in [0.25, 0.3) is 0 Å². The molecule has 0 bridgehead atoms. The van der Waals surface area contributed by atoms with Gasteiger partial charge in [0.25, 0.3) is 0 Å². The smallest absolute Gasteiger partial charge is 0.191 e. The van der Waals surface area contributed by atoms with Gasteiger partial charge in [-0.3, -0.25) is 9.67 Å². The number of ether oxygens (including phenoxy) is 1. The summed E-state index contributed by atoms with van der Waals surface area (Å²) >= 11 is 12.1. The molecule has 1 aromatic heterocycles. The molecule has 0 radical (unpaired) electrons. The van der Waals surface area contributed by atoms with Gasteiger partial charge in [0.15, 0.2) is 5.96 Å². The van der Waals surface area contributed by atoms with Crippen molar-refractivity contribution in [1.29, 1.82) is 0 Å². The molecule has 0 aliphatic carbocycles. The van der Waals surface area contributed by atoms with Crippen molar-refractivity contribution in [2.24, 2.45) is 12.0 Å². The predicted octanol–water partition coefficient (Wildman–Crippen LogP) is 4.09. The van der Waals surface area contributed by atoms with Crippen molar-refractivity contribution in [2.75, 3.05) is 7.05 Å². The average Bonchev–Trinajstić information content (AvgIpc) is 3.10. The number of rotatable bonds is 6. The third kappa shape index (κ3) is 5.62. The molecule has 29 heavy (non-hydrogen) atoms. The topological polar surface area (TPSA) is 76.4 Å². The quantitative estimate of drug-likeness (QED) is 0.453. The number of aromatic nitrogens is 3. The minimum Gasteiger partial charge on any atom is -0.456 e. The zero-order chi connectivity index (χ0) is 20.8. The first-order chi connectivity index (χ1) is 14.0. The van der Waals surface area contributed by atoms with Crippen LogP contribution < -0.4 is 15.4 Å². The van der Waals surface area contributed by atoms with Gasteiger partial charge in [-0.2, -0.15) is 5.10 Å². The van der Waals surface area contributed by atoms with E-state index in [0.717, 1.165) is 22.7 Å². The Morgan fingerprint density at radius 1 is 1.10 bits per heavy atom. The standard InChI is InChI=1S/C20H22Cl2N6O/c1-13-8-14(4-6-17(13)29-18-7-5-15(21)9-16(18)22)10-24-20(23-2)25-11-19-26-12-27-28(19)3/h4-9,12H,10-11H2,1-3H3,(H2,23,24,25). The molecule has 7 nitrogen and oxygen atoms in total. The number of nitrogens with one attached hydrogen (secondary N) is 2. The van der Waals surface area contributed by atoms with Gasteiger partial charge in [0, 0.05) is 25.7 Å². The molecule has 0 amide bonds. The molecule has 2 N–H and O–H groups in total. The molecular formula is C20H22Cl2N6O. The second-order valence-corrected chi connectivity index (χ2v) is 7.20. The molecule has 152 valence electrons. The molecule has 0 atom stereocenters. The first-order valence-electron chi connectivity index (χ1n) is 8.96. The van der Waals surface area contributed by atoms with Crippen molar-refractivity contribution in [3.05, 3.63) is 69.7 Å². The van der Waals surface area contributed by atoms with E-state index in [9.17, 15) is 0 Å². The fourth-order valence-electron chi connectivity index (χ4n) is 2.66. The van der Waals surface area contributed by atoms with Gasteiger partial charge in [-0.1, -0.05) is 35.3 Å². The lowest BCUT2D eigenvalue weighted by Gasteiger charge is -2.14. The van der Waals surface area contributed by atoms with Crippen molar-refractivity contribution in [2.45, 2.75) is 20.0 Å². The highest BCUT2D eigenvalue weighted by Crippen LogP contribution is 2.33. The van der Waals surface area contributed by atoms with Gasteiger partial charge in [0.2, 0.25) is 0 Å². The molecule has 1 heterocycles. The molecular weight excluding hydrogens is 411 g/mol. The summed E-state index contributed by atoms with van der Waals surface area (Å²) in [5, 5.41) is 11.6. The lowest BCUT2D eigenvalue weighted by molar-refractivity contribution is 0.479. The number of aryl methyl sites for hydroxylation is 2. The molecule has 3 rings (SSSR count). The van der Waals surface area contributed by atoms with E-state index in [1.165, 1.54) is 6.33 Å². The lowest BCUT2D eigenvalue weighted by Crippen LogP contribution is -2.36. The zero-order valence-electron chi connectivity index (χ0n) is 16.4. The summed E-state index contributed by atoms with van der Waals surface area (Å²) in [6, 6.07) is 11.1. The Morgan fingerprint density at radius 3 is 2.52 bits per heavy atom. The molecule has 0 fully saturated rings. The van der Waals surface area contributed by atoms with Gasteiger partial charge in [-0.25, -0.2) is 4.98 Å². The van der Waals surface area contributed by atoms with Gasteiger partial charge in [-0.15, -0.1) is 0 Å². The van der Waals surface area contributed by atoms with Crippen LogP contribution in [0.5, 0.6) is 11.5 Å². The van der Waals surface area contributed by atoms with Crippen molar-refractivity contribution >= 4 is 29.2 Å². The average molecular weight is 433 g/mol. The SMILES string of the molecule is CN=C(NCc1ccc(Oc2ccc(Cl)cc2Cl)c(C)c1)NCc1ncnn1C. The number of hydrogen-bond acceptors (Lipinski definition) is 4. The molecule has 0 saturated heterocycles. The molecule has 0 saturated carbocycles. The summed E-state index contributed by atoms with van der Waals surface area (Å²) in [6.45, 7) is 3.13. The fourth-order valence-corrected chi connectivity index (χ4v) is 3.11. The van der Waals surface area contributed by atoms with E-state index >= 15 is 0 Å². The van der Waals surface area contributed by atoms with Crippen molar-refractivity contribution in [1.82, 2.24) is 25.4 Å². The van der Waals surface area contributed by atoms with Crippen LogP contribution >= 0.6 is 23.2 Å². The molecule has 9 heteroatoms. The Labute approximate surface area is 179 Å². The van der Waals surface area contributed by atoms with Crippen LogP contribution in [-0.4, -0.2) is 27.8 Å². The van der Waals surface area contributed by atoms with Crippen LogP contribution in [0, 0.1) is 6.92 Å². The van der Waals surface area contributed by atoms with Crippen LogP contribution in [0.15, 0.2) is 47.7 Å². The number of benzene rings is 2. The number of aliphatic imine (C=N–C) groups is 1. The number of nitrogens with zero attached hydrogens (tertiary/aromatic N) is 4. The normalized spacial score (nSPS) is 11.4. The molecule has 0 spiro atoms. The summed E-state index contributed by atoms with van der Waals surface area (Å²) in [5.41, 5.74) is 2.09. The third-order valence-electron chi connectivity index (χ3n) is 4.26. The van der Waals surface area contributed by atoms with Crippen molar-refractivity contribution < 1.29 is 4.74 Å². The number of hydrogen-bond donors (Lipinski definition) is 2. The van der Waals surface area contributed by atoms with Crippen LogP contribution in [0.2, 0.25) is 10.0 Å². The van der Waals surface area contributed by atoms with Gasteiger partial charge in [-0.05, 0) is 42.3 Å². The maximum atomic E-state index is 6.19. The Kier molecular flexibility index (Phi) is 6.95. The third-order valence-corrected chi connectivity index (χ3v) is 4.79. The van der Waals surface area contributed by atoms with Gasteiger partial charge in [0.1, 0.15) is 23.7 Å². The fraction of sp³-hybridized carbons (Fsp3) is 0.250. The van der Waals surface area contributed by atoms with Gasteiger partial charge in [0.05, 0.1) is 11.6 Å².